The Morgan fingerprint density at radius 1 is 0.884 bits per heavy atom. The van der Waals surface area contributed by atoms with E-state index < -0.39 is 17.8 Å². The first-order valence-corrected chi connectivity index (χ1v) is 16.1. The van der Waals surface area contributed by atoms with Gasteiger partial charge in [0.25, 0.3) is 0 Å². The van der Waals surface area contributed by atoms with Crippen LogP contribution in [0.5, 0.6) is 5.75 Å². The van der Waals surface area contributed by atoms with Gasteiger partial charge in [0, 0.05) is 5.69 Å². The molecule has 8 nitrogen and oxygen atoms in total. The lowest BCUT2D eigenvalue weighted by atomic mass is 10.2. The Balaban J connectivity index is 2.10. The van der Waals surface area contributed by atoms with Gasteiger partial charge >= 0.3 is 12.1 Å². The van der Waals surface area contributed by atoms with Crippen molar-refractivity contribution in [3.63, 3.8) is 0 Å². The fraction of sp³-hybridized carbons (Fsp3) is 0.441. The number of carbonyl (C=O) groups excluding carboxylic acids is 2. The second-order valence-electron chi connectivity index (χ2n) is 9.56. The number of hydrogen-bond acceptors (Lipinski definition) is 6. The average Bonchev–Trinajstić information content (AvgIpc) is 2.99. The molecule has 0 aliphatic heterocycles. The van der Waals surface area contributed by atoms with Crippen LogP contribution in [-0.4, -0.2) is 52.3 Å². The van der Waals surface area contributed by atoms with E-state index in [1.165, 1.54) is 12.1 Å². The SMILES string of the molecule is CCC=CCC=CCC=CCC=CCC=CCCCCS[C@@H](CC)C(=O)NCCOC(=O)Nc1ccc(O)c(C(=O)O)c1. The number of phenols is 1. The second kappa shape index (κ2) is 24.8. The number of nitrogens with one attached hydrogen (secondary N) is 2. The molecule has 0 radical (unpaired) electrons. The van der Waals surface area contributed by atoms with Gasteiger partial charge in [0.1, 0.15) is 17.9 Å². The number of anilines is 1. The van der Waals surface area contributed by atoms with Crippen LogP contribution in [0.2, 0.25) is 0 Å². The van der Waals surface area contributed by atoms with Gasteiger partial charge in [-0.15, -0.1) is 11.8 Å². The molecule has 1 aromatic carbocycles. The summed E-state index contributed by atoms with van der Waals surface area (Å²) in [4.78, 5) is 35.5. The molecule has 4 N–H and O–H groups in total. The highest BCUT2D eigenvalue weighted by atomic mass is 32.2. The molecule has 0 spiro atoms. The van der Waals surface area contributed by atoms with Crippen molar-refractivity contribution >= 4 is 35.4 Å². The molecule has 236 valence electrons. The Labute approximate surface area is 261 Å². The van der Waals surface area contributed by atoms with Crippen LogP contribution in [0.15, 0.2) is 79.0 Å². The quantitative estimate of drug-likeness (QED) is 0.0591. The number of carboxylic acids is 1. The predicted molar refractivity (Wildman–Crippen MR) is 178 cm³/mol. The summed E-state index contributed by atoms with van der Waals surface area (Å²) < 4.78 is 5.04. The smallest absolute Gasteiger partial charge is 0.411 e. The molecule has 0 aliphatic rings. The maximum atomic E-state index is 12.5. The number of amides is 2. The van der Waals surface area contributed by atoms with Crippen molar-refractivity contribution in [2.75, 3.05) is 24.2 Å². The van der Waals surface area contributed by atoms with E-state index in [1.807, 2.05) is 6.92 Å². The van der Waals surface area contributed by atoms with Crippen LogP contribution in [0.4, 0.5) is 10.5 Å². The van der Waals surface area contributed by atoms with E-state index in [0.29, 0.717) is 6.42 Å². The fourth-order valence-electron chi connectivity index (χ4n) is 3.71. The third-order valence-electron chi connectivity index (χ3n) is 6.01. The Morgan fingerprint density at radius 2 is 1.49 bits per heavy atom. The lowest BCUT2D eigenvalue weighted by Gasteiger charge is -2.15. The number of unbranched alkanes of at least 4 members (excludes halogenated alkanes) is 2. The van der Waals surface area contributed by atoms with Gasteiger partial charge in [0.05, 0.1) is 11.8 Å². The van der Waals surface area contributed by atoms with Gasteiger partial charge in [0.2, 0.25) is 5.91 Å². The minimum Gasteiger partial charge on any atom is -0.507 e. The van der Waals surface area contributed by atoms with Crippen molar-refractivity contribution in [3.05, 3.63) is 84.5 Å². The summed E-state index contributed by atoms with van der Waals surface area (Å²) in [5, 5.41) is 23.6. The van der Waals surface area contributed by atoms with Gasteiger partial charge in [0.15, 0.2) is 0 Å². The largest absolute Gasteiger partial charge is 0.507 e. The monoisotopic (exact) mass is 612 g/mol. The maximum absolute atomic E-state index is 12.5. The minimum atomic E-state index is -1.31. The zero-order valence-electron chi connectivity index (χ0n) is 25.5. The zero-order valence-corrected chi connectivity index (χ0v) is 26.3. The van der Waals surface area contributed by atoms with Crippen LogP contribution in [0.25, 0.3) is 0 Å². The molecule has 1 atom stereocenters. The summed E-state index contributed by atoms with van der Waals surface area (Å²) in [5.74, 6) is -0.895. The predicted octanol–water partition coefficient (Wildman–Crippen LogP) is 8.19. The molecule has 1 aromatic rings. The summed E-state index contributed by atoms with van der Waals surface area (Å²) >= 11 is 1.64. The van der Waals surface area contributed by atoms with Crippen molar-refractivity contribution in [1.29, 1.82) is 0 Å². The first kappa shape index (κ1) is 37.3. The lowest BCUT2D eigenvalue weighted by Crippen LogP contribution is -2.35. The Bertz CT molecular complexity index is 1110. The average molecular weight is 613 g/mol. The summed E-state index contributed by atoms with van der Waals surface area (Å²) in [5.41, 5.74) is -0.157. The number of hydrogen-bond donors (Lipinski definition) is 4. The number of allylic oxidation sites excluding steroid dienone is 10. The number of aromatic hydroxyl groups is 1. The molecule has 0 heterocycles. The molecule has 0 saturated heterocycles. The van der Waals surface area contributed by atoms with Crippen LogP contribution >= 0.6 is 11.8 Å². The number of thioether (sulfide) groups is 1. The standard InChI is InChI=1S/C34H48N2O6S/c1-3-5-6-7-8-9-10-11-12-13-14-15-16-17-18-19-20-21-26-43-31(4-2)32(38)35-24-25-42-34(41)36-28-22-23-30(37)29(27-28)33(39)40/h5-6,8-9,11-12,14-15,17-18,22-23,27,31,37H,3-4,7,10,13,16,19-21,24-26H2,1-2H3,(H,35,38)(H,36,41)(H,39,40)/t31-/m0/s1. The molecule has 0 aliphatic carbocycles. The topological polar surface area (TPSA) is 125 Å². The number of benzene rings is 1. The van der Waals surface area contributed by atoms with E-state index in [-0.39, 0.29) is 35.6 Å². The number of rotatable bonds is 22. The Hall–Kier alpha value is -3.72. The molecule has 9 heteroatoms. The number of carboxylic acid groups (broad SMARTS) is 1. The van der Waals surface area contributed by atoms with Gasteiger partial charge in [-0.25, -0.2) is 9.59 Å². The van der Waals surface area contributed by atoms with Crippen LogP contribution in [0.3, 0.4) is 0 Å². The second-order valence-corrected chi connectivity index (χ2v) is 10.9. The van der Waals surface area contributed by atoms with Crippen molar-refractivity contribution in [2.45, 2.75) is 76.9 Å². The van der Waals surface area contributed by atoms with Gasteiger partial charge in [-0.3, -0.25) is 10.1 Å². The van der Waals surface area contributed by atoms with Crippen molar-refractivity contribution in [2.24, 2.45) is 0 Å². The summed E-state index contributed by atoms with van der Waals surface area (Å²) in [6.45, 7) is 4.25. The van der Waals surface area contributed by atoms with Crippen LogP contribution in [0, 0.1) is 0 Å². The highest BCUT2D eigenvalue weighted by Crippen LogP contribution is 2.21. The summed E-state index contributed by atoms with van der Waals surface area (Å²) in [7, 11) is 0. The lowest BCUT2D eigenvalue weighted by molar-refractivity contribution is -0.120. The van der Waals surface area contributed by atoms with Gasteiger partial charge in [-0.1, -0.05) is 74.6 Å². The van der Waals surface area contributed by atoms with E-state index in [1.54, 1.807) is 11.8 Å². The number of carbonyl (C=O) groups is 3. The highest BCUT2D eigenvalue weighted by Gasteiger charge is 2.16. The van der Waals surface area contributed by atoms with Gasteiger partial charge in [-0.2, -0.15) is 0 Å². The normalized spacial score (nSPS) is 12.6. The molecule has 0 bridgehead atoms. The number of ether oxygens (including phenoxy) is 1. The minimum absolute atomic E-state index is 0.0320. The molecule has 1 rings (SSSR count). The van der Waals surface area contributed by atoms with Gasteiger partial charge < -0.3 is 20.3 Å². The van der Waals surface area contributed by atoms with Gasteiger partial charge in [-0.05, 0) is 81.7 Å². The fourth-order valence-corrected chi connectivity index (χ4v) is 4.83. The zero-order chi connectivity index (χ0) is 31.5. The summed E-state index contributed by atoms with van der Waals surface area (Å²) in [6, 6.07) is 3.66. The molecule has 43 heavy (non-hydrogen) atoms. The van der Waals surface area contributed by atoms with Crippen molar-refractivity contribution in [3.8, 4) is 5.75 Å². The maximum Gasteiger partial charge on any atom is 0.411 e. The van der Waals surface area contributed by atoms with Crippen molar-refractivity contribution < 1.29 is 29.3 Å². The molecular weight excluding hydrogens is 564 g/mol. The first-order chi connectivity index (χ1) is 20.9. The molecular formula is C34H48N2O6S. The molecule has 0 unspecified atom stereocenters. The third kappa shape index (κ3) is 19.2. The Morgan fingerprint density at radius 3 is 2.07 bits per heavy atom. The van der Waals surface area contributed by atoms with E-state index in [2.05, 4.69) is 78.3 Å². The molecule has 2 amide bonds. The van der Waals surface area contributed by atoms with Crippen LogP contribution in [-0.2, 0) is 9.53 Å². The van der Waals surface area contributed by atoms with E-state index in [9.17, 15) is 19.5 Å². The highest BCUT2D eigenvalue weighted by molar-refractivity contribution is 8.00. The number of aromatic carboxylic acids is 1. The third-order valence-corrected chi connectivity index (χ3v) is 7.49. The van der Waals surface area contributed by atoms with E-state index in [0.717, 1.165) is 63.2 Å². The van der Waals surface area contributed by atoms with E-state index >= 15 is 0 Å². The van der Waals surface area contributed by atoms with E-state index in [4.69, 9.17) is 9.84 Å². The summed E-state index contributed by atoms with van der Waals surface area (Å²) in [6.07, 6.45) is 30.0. The van der Waals surface area contributed by atoms with Crippen LogP contribution < -0.4 is 10.6 Å². The first-order valence-electron chi connectivity index (χ1n) is 15.0. The molecule has 0 aromatic heterocycles. The molecule has 0 fully saturated rings. The van der Waals surface area contributed by atoms with Crippen molar-refractivity contribution in [1.82, 2.24) is 5.32 Å². The van der Waals surface area contributed by atoms with Crippen LogP contribution in [0.1, 0.15) is 82.0 Å². The Kier molecular flexibility index (Phi) is 21.5. The molecule has 0 saturated carbocycles.